The van der Waals surface area contributed by atoms with Crippen molar-refractivity contribution in [2.75, 3.05) is 31.5 Å². The first kappa shape index (κ1) is 16.0. The molecule has 2 rings (SSSR count). The van der Waals surface area contributed by atoms with Crippen molar-refractivity contribution in [2.24, 2.45) is 5.92 Å². The van der Waals surface area contributed by atoms with Crippen LogP contribution in [0.2, 0.25) is 0 Å². The van der Waals surface area contributed by atoms with Gasteiger partial charge in [-0.1, -0.05) is 26.7 Å². The molecule has 1 aromatic rings. The average Bonchev–Trinajstić information content (AvgIpc) is 2.71. The standard InChI is InChI=1S/C16H28N4O/c1-14(2)13-20-12-8-18-15(16(20)21)17-7-11-19-9-5-3-4-6-10-19/h8,12,14H,3-7,9-11,13H2,1-2H3,(H,17,18). The van der Waals surface area contributed by atoms with Crippen molar-refractivity contribution in [1.82, 2.24) is 14.5 Å². The largest absolute Gasteiger partial charge is 0.364 e. The van der Waals surface area contributed by atoms with E-state index in [2.05, 4.69) is 29.0 Å². The molecule has 1 aliphatic rings. The second-order valence-corrected chi connectivity index (χ2v) is 6.31. The molecule has 5 heteroatoms. The monoisotopic (exact) mass is 292 g/mol. The molecule has 0 unspecified atom stereocenters. The van der Waals surface area contributed by atoms with Gasteiger partial charge in [-0.3, -0.25) is 4.79 Å². The van der Waals surface area contributed by atoms with Gasteiger partial charge in [0.2, 0.25) is 0 Å². The molecule has 21 heavy (non-hydrogen) atoms. The third-order valence-electron chi connectivity index (χ3n) is 3.89. The first-order valence-electron chi connectivity index (χ1n) is 8.18. The van der Waals surface area contributed by atoms with E-state index in [1.165, 1.54) is 38.8 Å². The molecule has 0 radical (unpaired) electrons. The highest BCUT2D eigenvalue weighted by Crippen LogP contribution is 2.09. The number of nitrogens with one attached hydrogen (secondary N) is 1. The number of aromatic nitrogens is 2. The lowest BCUT2D eigenvalue weighted by Crippen LogP contribution is -2.32. The number of hydrogen-bond donors (Lipinski definition) is 1. The Labute approximate surface area is 127 Å². The fourth-order valence-corrected chi connectivity index (χ4v) is 2.80. The van der Waals surface area contributed by atoms with Crippen molar-refractivity contribution in [2.45, 2.75) is 46.1 Å². The highest BCUT2D eigenvalue weighted by molar-refractivity contribution is 5.30. The third kappa shape index (κ3) is 5.16. The summed E-state index contributed by atoms with van der Waals surface area (Å²) in [7, 11) is 0. The Morgan fingerprint density at radius 1 is 1.24 bits per heavy atom. The summed E-state index contributed by atoms with van der Waals surface area (Å²) in [6.07, 6.45) is 8.77. The normalized spacial score (nSPS) is 16.9. The molecule has 118 valence electrons. The van der Waals surface area contributed by atoms with Gasteiger partial charge in [0.25, 0.3) is 5.56 Å². The maximum Gasteiger partial charge on any atom is 0.293 e. The smallest absolute Gasteiger partial charge is 0.293 e. The summed E-state index contributed by atoms with van der Waals surface area (Å²) in [6, 6.07) is 0. The van der Waals surface area contributed by atoms with E-state index < -0.39 is 0 Å². The molecule has 1 aliphatic heterocycles. The van der Waals surface area contributed by atoms with Gasteiger partial charge in [0.05, 0.1) is 0 Å². The zero-order valence-corrected chi connectivity index (χ0v) is 13.3. The Bertz CT molecular complexity index is 475. The lowest BCUT2D eigenvalue weighted by molar-refractivity contribution is 0.296. The minimum Gasteiger partial charge on any atom is -0.364 e. The molecule has 1 fully saturated rings. The average molecular weight is 292 g/mol. The van der Waals surface area contributed by atoms with E-state index in [-0.39, 0.29) is 5.56 Å². The van der Waals surface area contributed by atoms with Gasteiger partial charge in [0.1, 0.15) is 0 Å². The van der Waals surface area contributed by atoms with Gasteiger partial charge < -0.3 is 14.8 Å². The predicted octanol–water partition coefficient (Wildman–Crippen LogP) is 2.19. The number of hydrogen-bond acceptors (Lipinski definition) is 4. The van der Waals surface area contributed by atoms with Crippen LogP contribution in [0.4, 0.5) is 5.82 Å². The maximum absolute atomic E-state index is 12.3. The first-order chi connectivity index (χ1) is 10.2. The Hall–Kier alpha value is -1.36. The fraction of sp³-hybridized carbons (Fsp3) is 0.750. The van der Waals surface area contributed by atoms with Crippen molar-refractivity contribution < 1.29 is 0 Å². The van der Waals surface area contributed by atoms with Gasteiger partial charge in [-0.15, -0.1) is 0 Å². The van der Waals surface area contributed by atoms with Crippen molar-refractivity contribution in [1.29, 1.82) is 0 Å². The van der Waals surface area contributed by atoms with E-state index in [4.69, 9.17) is 0 Å². The molecular weight excluding hydrogens is 264 g/mol. The van der Waals surface area contributed by atoms with Gasteiger partial charge in [-0.25, -0.2) is 4.98 Å². The molecule has 0 aliphatic carbocycles. The molecule has 0 aromatic carbocycles. The number of rotatable bonds is 6. The van der Waals surface area contributed by atoms with Crippen molar-refractivity contribution >= 4 is 5.82 Å². The second kappa shape index (κ2) is 8.17. The van der Waals surface area contributed by atoms with Crippen LogP contribution in [-0.2, 0) is 6.54 Å². The summed E-state index contributed by atoms with van der Waals surface area (Å²) >= 11 is 0. The summed E-state index contributed by atoms with van der Waals surface area (Å²) in [5.74, 6) is 0.933. The van der Waals surface area contributed by atoms with Crippen LogP contribution in [0.25, 0.3) is 0 Å². The Morgan fingerprint density at radius 3 is 2.62 bits per heavy atom. The quantitative estimate of drug-likeness (QED) is 0.873. The Morgan fingerprint density at radius 2 is 1.95 bits per heavy atom. The van der Waals surface area contributed by atoms with Crippen LogP contribution in [0.15, 0.2) is 17.2 Å². The van der Waals surface area contributed by atoms with E-state index in [1.807, 2.05) is 0 Å². The third-order valence-corrected chi connectivity index (χ3v) is 3.89. The predicted molar refractivity (Wildman–Crippen MR) is 86.7 cm³/mol. The van der Waals surface area contributed by atoms with E-state index in [0.29, 0.717) is 11.7 Å². The van der Waals surface area contributed by atoms with E-state index >= 15 is 0 Å². The topological polar surface area (TPSA) is 50.2 Å². The molecule has 0 amide bonds. The molecular formula is C16H28N4O. The lowest BCUT2D eigenvalue weighted by atomic mass is 10.2. The molecule has 0 bridgehead atoms. The van der Waals surface area contributed by atoms with Crippen LogP contribution in [-0.4, -0.2) is 40.6 Å². The van der Waals surface area contributed by atoms with Gasteiger partial charge >= 0.3 is 0 Å². The lowest BCUT2D eigenvalue weighted by Gasteiger charge is -2.19. The summed E-state index contributed by atoms with van der Waals surface area (Å²) < 4.78 is 1.74. The number of likely N-dealkylation sites (tertiary alicyclic amines) is 1. The van der Waals surface area contributed by atoms with Crippen LogP contribution in [0, 0.1) is 5.92 Å². The van der Waals surface area contributed by atoms with E-state index in [9.17, 15) is 4.79 Å². The van der Waals surface area contributed by atoms with Crippen LogP contribution in [0.5, 0.6) is 0 Å². The molecule has 1 saturated heterocycles. The first-order valence-corrected chi connectivity index (χ1v) is 8.18. The molecule has 0 atom stereocenters. The second-order valence-electron chi connectivity index (χ2n) is 6.31. The molecule has 0 saturated carbocycles. The minimum absolute atomic E-state index is 0.0120. The molecule has 0 spiro atoms. The summed E-state index contributed by atoms with van der Waals surface area (Å²) in [4.78, 5) is 18.9. The van der Waals surface area contributed by atoms with Crippen LogP contribution in [0.3, 0.4) is 0 Å². The van der Waals surface area contributed by atoms with Crippen LogP contribution in [0.1, 0.15) is 39.5 Å². The minimum atomic E-state index is -0.0120. The van der Waals surface area contributed by atoms with Gasteiger partial charge in [0.15, 0.2) is 5.82 Å². The molecule has 1 aromatic heterocycles. The van der Waals surface area contributed by atoms with Crippen LogP contribution < -0.4 is 10.9 Å². The number of anilines is 1. The summed E-state index contributed by atoms with van der Waals surface area (Å²) in [6.45, 7) is 9.10. The van der Waals surface area contributed by atoms with Crippen molar-refractivity contribution in [3.63, 3.8) is 0 Å². The van der Waals surface area contributed by atoms with Gasteiger partial charge in [0, 0.05) is 32.0 Å². The zero-order valence-electron chi connectivity index (χ0n) is 13.3. The van der Waals surface area contributed by atoms with Gasteiger partial charge in [-0.2, -0.15) is 0 Å². The maximum atomic E-state index is 12.3. The van der Waals surface area contributed by atoms with Crippen molar-refractivity contribution in [3.05, 3.63) is 22.7 Å². The summed E-state index contributed by atoms with van der Waals surface area (Å²) in [5.41, 5.74) is -0.0120. The molecule has 1 N–H and O–H groups in total. The Kier molecular flexibility index (Phi) is 6.23. The fourth-order valence-electron chi connectivity index (χ4n) is 2.80. The Balaban J connectivity index is 1.86. The molecule has 5 nitrogen and oxygen atoms in total. The van der Waals surface area contributed by atoms with Gasteiger partial charge in [-0.05, 0) is 31.8 Å². The van der Waals surface area contributed by atoms with Crippen LogP contribution >= 0.6 is 0 Å². The zero-order chi connectivity index (χ0) is 15.1. The summed E-state index contributed by atoms with van der Waals surface area (Å²) in [5, 5.41) is 3.21. The van der Waals surface area contributed by atoms with E-state index in [0.717, 1.165) is 19.6 Å². The molecule has 2 heterocycles. The highest BCUT2D eigenvalue weighted by atomic mass is 16.1. The SMILES string of the molecule is CC(C)Cn1ccnc(NCCN2CCCCCC2)c1=O. The van der Waals surface area contributed by atoms with Crippen molar-refractivity contribution in [3.8, 4) is 0 Å². The number of nitrogens with zero attached hydrogens (tertiary/aromatic N) is 3. The highest BCUT2D eigenvalue weighted by Gasteiger charge is 2.09. The van der Waals surface area contributed by atoms with E-state index in [1.54, 1.807) is 17.0 Å².